The van der Waals surface area contributed by atoms with Crippen LogP contribution in [0.3, 0.4) is 0 Å². The molecule has 0 bridgehead atoms. The zero-order chi connectivity index (χ0) is 15.5. The molecule has 0 saturated carbocycles. The molecule has 0 fully saturated rings. The lowest BCUT2D eigenvalue weighted by Crippen LogP contribution is -2.41. The SMILES string of the molecule is CC[C@](C(=O)O)(c1ccccc1)[C@H](O)c1ccccc1F. The van der Waals surface area contributed by atoms with Gasteiger partial charge < -0.3 is 10.2 Å². The second-order valence-corrected chi connectivity index (χ2v) is 4.92. The summed E-state index contributed by atoms with van der Waals surface area (Å²) in [5, 5.41) is 20.3. The number of halogens is 1. The van der Waals surface area contributed by atoms with Gasteiger partial charge in [-0.2, -0.15) is 0 Å². The van der Waals surface area contributed by atoms with Crippen molar-refractivity contribution in [3.05, 3.63) is 71.5 Å². The van der Waals surface area contributed by atoms with Gasteiger partial charge in [0, 0.05) is 5.56 Å². The van der Waals surface area contributed by atoms with Gasteiger partial charge in [0.1, 0.15) is 17.3 Å². The summed E-state index contributed by atoms with van der Waals surface area (Å²) in [5.41, 5.74) is -1.13. The van der Waals surface area contributed by atoms with Gasteiger partial charge in [-0.15, -0.1) is 0 Å². The predicted octanol–water partition coefficient (Wildman–Crippen LogP) is 3.29. The third kappa shape index (κ3) is 2.54. The quantitative estimate of drug-likeness (QED) is 0.887. The zero-order valence-corrected chi connectivity index (χ0v) is 11.7. The average molecular weight is 288 g/mol. The normalized spacial score (nSPS) is 15.2. The first-order valence-electron chi connectivity index (χ1n) is 6.75. The lowest BCUT2D eigenvalue weighted by molar-refractivity contribution is -0.149. The molecule has 2 aromatic rings. The van der Waals surface area contributed by atoms with Crippen molar-refractivity contribution in [1.82, 2.24) is 0 Å². The van der Waals surface area contributed by atoms with Crippen LogP contribution in [0.15, 0.2) is 54.6 Å². The van der Waals surface area contributed by atoms with Gasteiger partial charge in [0.15, 0.2) is 0 Å². The molecular formula is C17H17FO3. The van der Waals surface area contributed by atoms with E-state index in [0.29, 0.717) is 5.56 Å². The number of carboxylic acids is 1. The molecule has 2 atom stereocenters. The second-order valence-electron chi connectivity index (χ2n) is 4.92. The maximum Gasteiger partial charge on any atom is 0.317 e. The number of benzene rings is 2. The van der Waals surface area contributed by atoms with Gasteiger partial charge in [-0.3, -0.25) is 4.79 Å². The van der Waals surface area contributed by atoms with Crippen LogP contribution in [0.2, 0.25) is 0 Å². The molecule has 21 heavy (non-hydrogen) atoms. The molecule has 110 valence electrons. The molecule has 0 aromatic heterocycles. The van der Waals surface area contributed by atoms with Crippen molar-refractivity contribution in [2.75, 3.05) is 0 Å². The number of hydrogen-bond donors (Lipinski definition) is 2. The Morgan fingerprint density at radius 1 is 1.14 bits per heavy atom. The summed E-state index contributed by atoms with van der Waals surface area (Å²) in [5.74, 6) is -1.79. The Morgan fingerprint density at radius 2 is 1.71 bits per heavy atom. The van der Waals surface area contributed by atoms with Crippen LogP contribution < -0.4 is 0 Å². The van der Waals surface area contributed by atoms with Crippen molar-refractivity contribution < 1.29 is 19.4 Å². The van der Waals surface area contributed by atoms with Crippen LogP contribution in [-0.2, 0) is 10.2 Å². The van der Waals surface area contributed by atoms with Crippen LogP contribution in [0.5, 0.6) is 0 Å². The highest BCUT2D eigenvalue weighted by atomic mass is 19.1. The van der Waals surface area contributed by atoms with Gasteiger partial charge in [-0.1, -0.05) is 55.5 Å². The van der Waals surface area contributed by atoms with E-state index in [-0.39, 0.29) is 12.0 Å². The second kappa shape index (κ2) is 6.06. The highest BCUT2D eigenvalue weighted by Crippen LogP contribution is 2.41. The monoisotopic (exact) mass is 288 g/mol. The number of rotatable bonds is 5. The van der Waals surface area contributed by atoms with Crippen LogP contribution in [0.4, 0.5) is 4.39 Å². The van der Waals surface area contributed by atoms with E-state index < -0.39 is 23.3 Å². The van der Waals surface area contributed by atoms with E-state index in [9.17, 15) is 19.4 Å². The lowest BCUT2D eigenvalue weighted by Gasteiger charge is -2.34. The van der Waals surface area contributed by atoms with E-state index in [1.54, 1.807) is 43.3 Å². The van der Waals surface area contributed by atoms with E-state index in [2.05, 4.69) is 0 Å². The smallest absolute Gasteiger partial charge is 0.317 e. The molecule has 0 amide bonds. The summed E-state index contributed by atoms with van der Waals surface area (Å²) >= 11 is 0. The number of carboxylic acid groups (broad SMARTS) is 1. The van der Waals surface area contributed by atoms with Crippen molar-refractivity contribution in [1.29, 1.82) is 0 Å². The number of aliphatic hydroxyl groups is 1. The minimum absolute atomic E-state index is 0.00870. The van der Waals surface area contributed by atoms with Gasteiger partial charge in [0.25, 0.3) is 0 Å². The van der Waals surface area contributed by atoms with Gasteiger partial charge in [-0.05, 0) is 18.1 Å². The largest absolute Gasteiger partial charge is 0.480 e. The molecular weight excluding hydrogens is 271 g/mol. The van der Waals surface area contributed by atoms with E-state index in [0.717, 1.165) is 0 Å². The van der Waals surface area contributed by atoms with Gasteiger partial charge >= 0.3 is 5.97 Å². The summed E-state index contributed by atoms with van der Waals surface area (Å²) in [7, 11) is 0. The van der Waals surface area contributed by atoms with E-state index >= 15 is 0 Å². The predicted molar refractivity (Wildman–Crippen MR) is 77.4 cm³/mol. The molecule has 2 N–H and O–H groups in total. The Morgan fingerprint density at radius 3 is 2.24 bits per heavy atom. The number of aliphatic carboxylic acids is 1. The molecule has 0 spiro atoms. The van der Waals surface area contributed by atoms with Crippen molar-refractivity contribution in [2.24, 2.45) is 0 Å². The van der Waals surface area contributed by atoms with Crippen molar-refractivity contribution >= 4 is 5.97 Å². The lowest BCUT2D eigenvalue weighted by atomic mass is 9.71. The number of carbonyl (C=O) groups is 1. The summed E-state index contributed by atoms with van der Waals surface area (Å²) in [6.07, 6.45) is -1.33. The minimum atomic E-state index is -1.58. The first-order valence-corrected chi connectivity index (χ1v) is 6.75. The molecule has 3 nitrogen and oxygen atoms in total. The molecule has 0 aliphatic heterocycles. The average Bonchev–Trinajstić information content (AvgIpc) is 2.49. The number of hydrogen-bond acceptors (Lipinski definition) is 2. The van der Waals surface area contributed by atoms with Gasteiger partial charge in [0.2, 0.25) is 0 Å². The highest BCUT2D eigenvalue weighted by molar-refractivity contribution is 5.82. The summed E-state index contributed by atoms with van der Waals surface area (Å²) < 4.78 is 13.9. The fourth-order valence-corrected chi connectivity index (χ4v) is 2.64. The Labute approximate surface area is 122 Å². The van der Waals surface area contributed by atoms with Crippen molar-refractivity contribution in [2.45, 2.75) is 24.9 Å². The van der Waals surface area contributed by atoms with E-state index in [1.807, 2.05) is 0 Å². The molecule has 0 aliphatic carbocycles. The fourth-order valence-electron chi connectivity index (χ4n) is 2.64. The summed E-state index contributed by atoms with van der Waals surface area (Å²) in [6, 6.07) is 14.2. The Bertz CT molecular complexity index is 627. The molecule has 0 saturated heterocycles. The third-order valence-corrected chi connectivity index (χ3v) is 3.89. The third-order valence-electron chi connectivity index (χ3n) is 3.89. The van der Waals surface area contributed by atoms with Crippen LogP contribution in [-0.4, -0.2) is 16.2 Å². The van der Waals surface area contributed by atoms with E-state index in [1.165, 1.54) is 18.2 Å². The summed E-state index contributed by atoms with van der Waals surface area (Å²) in [4.78, 5) is 11.9. The van der Waals surface area contributed by atoms with Crippen molar-refractivity contribution in [3.8, 4) is 0 Å². The molecule has 2 aromatic carbocycles. The van der Waals surface area contributed by atoms with Crippen LogP contribution in [0.1, 0.15) is 30.6 Å². The molecule has 0 unspecified atom stereocenters. The standard InChI is InChI=1S/C17H17FO3/c1-2-17(16(20)21,12-8-4-3-5-9-12)15(19)13-10-6-7-11-14(13)18/h3-11,15,19H,2H2,1H3,(H,20,21)/t15-,17+/m1/s1. The maximum atomic E-state index is 13.9. The van der Waals surface area contributed by atoms with Crippen LogP contribution >= 0.6 is 0 Å². The minimum Gasteiger partial charge on any atom is -0.480 e. The summed E-state index contributed by atoms with van der Waals surface area (Å²) in [6.45, 7) is 1.67. The van der Waals surface area contributed by atoms with Crippen LogP contribution in [0.25, 0.3) is 0 Å². The Hall–Kier alpha value is -2.20. The Kier molecular flexibility index (Phi) is 4.38. The van der Waals surface area contributed by atoms with Gasteiger partial charge in [0.05, 0.1) is 0 Å². The molecule has 0 aliphatic rings. The first kappa shape index (κ1) is 15.2. The topological polar surface area (TPSA) is 57.5 Å². The van der Waals surface area contributed by atoms with E-state index in [4.69, 9.17) is 0 Å². The van der Waals surface area contributed by atoms with Crippen molar-refractivity contribution in [3.63, 3.8) is 0 Å². The molecule has 0 heterocycles. The molecule has 4 heteroatoms. The molecule has 0 radical (unpaired) electrons. The maximum absolute atomic E-state index is 13.9. The fraction of sp³-hybridized carbons (Fsp3) is 0.235. The Balaban J connectivity index is 2.61. The first-order chi connectivity index (χ1) is 10.0. The van der Waals surface area contributed by atoms with Crippen LogP contribution in [0, 0.1) is 5.82 Å². The molecule has 2 rings (SSSR count). The highest BCUT2D eigenvalue weighted by Gasteiger charge is 2.47. The van der Waals surface area contributed by atoms with Gasteiger partial charge in [-0.25, -0.2) is 4.39 Å². The number of aliphatic hydroxyl groups excluding tert-OH is 1. The zero-order valence-electron chi connectivity index (χ0n) is 11.7.